The van der Waals surface area contributed by atoms with Crippen molar-refractivity contribution in [1.29, 1.82) is 0 Å². The first kappa shape index (κ1) is 16.7. The monoisotopic (exact) mass is 326 g/mol. The predicted molar refractivity (Wildman–Crippen MR) is 89.0 cm³/mol. The van der Waals surface area contributed by atoms with Crippen LogP contribution in [0.15, 0.2) is 30.3 Å². The standard InChI is InChI=1S/C17H28N.BrH/c1-18(14-8-2-3-9-15-18)16-10-7-13-17-11-5-4-6-12-17;/h4-6,11-12H,2-3,7-10,13-16H2,1H3;1H/q+1;. The number of unbranched alkanes of at least 4 members (excludes halogenated alkanes) is 1. The van der Waals surface area contributed by atoms with Crippen molar-refractivity contribution in [1.82, 2.24) is 0 Å². The summed E-state index contributed by atoms with van der Waals surface area (Å²) in [7, 11) is 2.47. The summed E-state index contributed by atoms with van der Waals surface area (Å²) in [5.74, 6) is 0. The van der Waals surface area contributed by atoms with E-state index in [9.17, 15) is 0 Å². The van der Waals surface area contributed by atoms with E-state index in [0.29, 0.717) is 0 Å². The van der Waals surface area contributed by atoms with Crippen molar-refractivity contribution in [3.63, 3.8) is 0 Å². The third-order valence-corrected chi connectivity index (χ3v) is 4.40. The molecule has 1 aromatic rings. The summed E-state index contributed by atoms with van der Waals surface area (Å²) < 4.78 is 1.33. The van der Waals surface area contributed by atoms with Gasteiger partial charge in [0.25, 0.3) is 0 Å². The zero-order valence-corrected chi connectivity index (χ0v) is 14.0. The van der Waals surface area contributed by atoms with Crippen molar-refractivity contribution >= 4 is 17.0 Å². The minimum Gasteiger partial charge on any atom is -0.326 e. The van der Waals surface area contributed by atoms with E-state index in [-0.39, 0.29) is 17.0 Å². The third-order valence-electron chi connectivity index (χ3n) is 4.40. The van der Waals surface area contributed by atoms with Gasteiger partial charge in [-0.15, -0.1) is 17.0 Å². The fourth-order valence-corrected chi connectivity index (χ4v) is 3.14. The van der Waals surface area contributed by atoms with E-state index < -0.39 is 0 Å². The Hall–Kier alpha value is -0.340. The first-order chi connectivity index (χ1) is 8.79. The van der Waals surface area contributed by atoms with Crippen LogP contribution in [0.4, 0.5) is 0 Å². The summed E-state index contributed by atoms with van der Waals surface area (Å²) in [6.45, 7) is 4.20. The molecule has 1 heterocycles. The van der Waals surface area contributed by atoms with Gasteiger partial charge in [-0.05, 0) is 50.5 Å². The first-order valence-corrected chi connectivity index (χ1v) is 7.66. The molecule has 0 N–H and O–H groups in total. The van der Waals surface area contributed by atoms with E-state index >= 15 is 0 Å². The summed E-state index contributed by atoms with van der Waals surface area (Å²) in [5.41, 5.74) is 1.50. The normalized spacial score (nSPS) is 18.4. The van der Waals surface area contributed by atoms with Crippen molar-refractivity contribution in [2.75, 3.05) is 26.7 Å². The molecule has 19 heavy (non-hydrogen) atoms. The molecule has 0 amide bonds. The van der Waals surface area contributed by atoms with Crippen molar-refractivity contribution in [2.24, 2.45) is 0 Å². The molecule has 2 rings (SSSR count). The van der Waals surface area contributed by atoms with E-state index in [4.69, 9.17) is 0 Å². The van der Waals surface area contributed by atoms with Crippen LogP contribution in [0.25, 0.3) is 0 Å². The lowest BCUT2D eigenvalue weighted by Crippen LogP contribution is -2.45. The van der Waals surface area contributed by atoms with Crippen LogP contribution in [-0.4, -0.2) is 31.2 Å². The van der Waals surface area contributed by atoms with Crippen molar-refractivity contribution in [3.05, 3.63) is 35.9 Å². The molecule has 0 aliphatic carbocycles. The zero-order valence-electron chi connectivity index (χ0n) is 12.3. The molecule has 0 spiro atoms. The van der Waals surface area contributed by atoms with Crippen LogP contribution in [0.3, 0.4) is 0 Å². The first-order valence-electron chi connectivity index (χ1n) is 7.66. The summed E-state index contributed by atoms with van der Waals surface area (Å²) in [6, 6.07) is 10.9. The van der Waals surface area contributed by atoms with Gasteiger partial charge >= 0.3 is 0 Å². The lowest BCUT2D eigenvalue weighted by molar-refractivity contribution is -0.909. The molecule has 1 aliphatic heterocycles. The van der Waals surface area contributed by atoms with Gasteiger partial charge in [0.1, 0.15) is 0 Å². The number of hydrogen-bond donors (Lipinski definition) is 0. The third kappa shape index (κ3) is 6.09. The minimum atomic E-state index is 0. The summed E-state index contributed by atoms with van der Waals surface area (Å²) >= 11 is 0. The molecule has 1 aromatic carbocycles. The second kappa shape index (κ2) is 8.76. The highest BCUT2D eigenvalue weighted by atomic mass is 79.9. The van der Waals surface area contributed by atoms with Gasteiger partial charge in [-0.3, -0.25) is 0 Å². The molecule has 1 fully saturated rings. The summed E-state index contributed by atoms with van der Waals surface area (Å²) in [4.78, 5) is 0. The van der Waals surface area contributed by atoms with Gasteiger partial charge in [-0.2, -0.15) is 0 Å². The van der Waals surface area contributed by atoms with Crippen LogP contribution in [0.5, 0.6) is 0 Å². The molecular weight excluding hydrogens is 298 g/mol. The van der Waals surface area contributed by atoms with Gasteiger partial charge in [-0.1, -0.05) is 30.3 Å². The van der Waals surface area contributed by atoms with Gasteiger partial charge in [0.15, 0.2) is 0 Å². The average molecular weight is 327 g/mol. The molecule has 1 nitrogen and oxygen atoms in total. The maximum absolute atomic E-state index is 2.47. The topological polar surface area (TPSA) is 0 Å². The molecule has 0 saturated carbocycles. The number of halogens is 1. The number of rotatable bonds is 5. The zero-order chi connectivity index (χ0) is 12.7. The lowest BCUT2D eigenvalue weighted by atomic mass is 10.1. The fraction of sp³-hybridized carbons (Fsp3) is 0.647. The van der Waals surface area contributed by atoms with Gasteiger partial charge in [0, 0.05) is 0 Å². The highest BCUT2D eigenvalue weighted by molar-refractivity contribution is 8.93. The van der Waals surface area contributed by atoms with E-state index in [2.05, 4.69) is 37.4 Å². The molecule has 0 radical (unpaired) electrons. The quantitative estimate of drug-likeness (QED) is 0.547. The van der Waals surface area contributed by atoms with Crippen molar-refractivity contribution in [2.45, 2.75) is 44.9 Å². The molecule has 108 valence electrons. The minimum absolute atomic E-state index is 0. The Morgan fingerprint density at radius 3 is 2.16 bits per heavy atom. The number of hydrogen-bond acceptors (Lipinski definition) is 0. The Morgan fingerprint density at radius 1 is 0.895 bits per heavy atom. The molecule has 2 heteroatoms. The molecular formula is C17H29BrN+. The predicted octanol–water partition coefficient (Wildman–Crippen LogP) is 4.61. The number of nitrogens with zero attached hydrogens (tertiary/aromatic N) is 1. The Morgan fingerprint density at radius 2 is 1.53 bits per heavy atom. The van der Waals surface area contributed by atoms with E-state index in [1.165, 1.54) is 74.6 Å². The highest BCUT2D eigenvalue weighted by Crippen LogP contribution is 2.17. The maximum Gasteiger partial charge on any atom is 0.0784 e. The fourth-order valence-electron chi connectivity index (χ4n) is 3.14. The Labute approximate surface area is 129 Å². The van der Waals surface area contributed by atoms with Crippen LogP contribution in [-0.2, 0) is 6.42 Å². The lowest BCUT2D eigenvalue weighted by Gasteiger charge is -2.33. The largest absolute Gasteiger partial charge is 0.326 e. The molecule has 0 bridgehead atoms. The van der Waals surface area contributed by atoms with Crippen LogP contribution in [0.1, 0.15) is 44.1 Å². The van der Waals surface area contributed by atoms with Crippen molar-refractivity contribution < 1.29 is 4.48 Å². The average Bonchev–Trinajstić information content (AvgIpc) is 2.61. The Bertz CT molecular complexity index is 328. The second-order valence-electron chi connectivity index (χ2n) is 6.15. The van der Waals surface area contributed by atoms with E-state index in [0.717, 1.165) is 0 Å². The summed E-state index contributed by atoms with van der Waals surface area (Å²) in [6.07, 6.45) is 9.77. The number of benzene rings is 1. The second-order valence-corrected chi connectivity index (χ2v) is 6.15. The molecule has 0 atom stereocenters. The van der Waals surface area contributed by atoms with Gasteiger partial charge < -0.3 is 4.48 Å². The van der Waals surface area contributed by atoms with Crippen LogP contribution in [0.2, 0.25) is 0 Å². The van der Waals surface area contributed by atoms with Gasteiger partial charge in [-0.25, -0.2) is 0 Å². The highest BCUT2D eigenvalue weighted by Gasteiger charge is 2.22. The molecule has 1 saturated heterocycles. The Balaban J connectivity index is 0.00000180. The molecule has 0 aromatic heterocycles. The van der Waals surface area contributed by atoms with Crippen molar-refractivity contribution in [3.8, 4) is 0 Å². The van der Waals surface area contributed by atoms with Crippen LogP contribution >= 0.6 is 17.0 Å². The maximum atomic E-state index is 2.47. The van der Waals surface area contributed by atoms with E-state index in [1.54, 1.807) is 0 Å². The smallest absolute Gasteiger partial charge is 0.0784 e. The van der Waals surface area contributed by atoms with E-state index in [1.807, 2.05) is 0 Å². The SMILES string of the molecule is Br.C[N+]1(CCCCc2ccccc2)CCCCCC1. The number of likely N-dealkylation sites (tertiary alicyclic amines) is 1. The van der Waals surface area contributed by atoms with Gasteiger partial charge in [0.2, 0.25) is 0 Å². The Kier molecular flexibility index (Phi) is 7.70. The molecule has 1 aliphatic rings. The number of quaternary nitrogens is 1. The van der Waals surface area contributed by atoms with Crippen LogP contribution in [0, 0.1) is 0 Å². The number of aryl methyl sites for hydroxylation is 1. The summed E-state index contributed by atoms with van der Waals surface area (Å²) in [5, 5.41) is 0. The van der Waals surface area contributed by atoms with Gasteiger partial charge in [0.05, 0.1) is 26.7 Å². The molecule has 0 unspecified atom stereocenters. The van der Waals surface area contributed by atoms with Crippen LogP contribution < -0.4 is 0 Å².